The summed E-state index contributed by atoms with van der Waals surface area (Å²) in [5.74, 6) is 2.62. The summed E-state index contributed by atoms with van der Waals surface area (Å²) in [5.41, 5.74) is 5.74. The van der Waals surface area contributed by atoms with Gasteiger partial charge in [0.05, 0.1) is 0 Å². The van der Waals surface area contributed by atoms with E-state index in [1.165, 1.54) is 31.9 Å². The minimum atomic E-state index is 0.544. The van der Waals surface area contributed by atoms with Crippen molar-refractivity contribution in [1.82, 2.24) is 0 Å². The molecule has 0 spiro atoms. The topological polar surface area (TPSA) is 35.2 Å². The first kappa shape index (κ1) is 9.54. The van der Waals surface area contributed by atoms with Crippen LogP contribution in [-0.4, -0.2) is 20.6 Å². The first-order chi connectivity index (χ1) is 6.31. The van der Waals surface area contributed by atoms with E-state index in [1.807, 2.05) is 7.11 Å². The minimum Gasteiger partial charge on any atom is -0.438 e. The van der Waals surface area contributed by atoms with Gasteiger partial charge in [-0.3, -0.25) is 0 Å². The molecule has 2 N–H and O–H groups in total. The summed E-state index contributed by atoms with van der Waals surface area (Å²) in [6.07, 6.45) is 6.71. The molecule has 2 aliphatic rings. The van der Waals surface area contributed by atoms with Crippen molar-refractivity contribution in [2.45, 2.75) is 31.9 Å². The smallest absolute Gasteiger partial charge is 0.293 e. The van der Waals surface area contributed by atoms with Gasteiger partial charge < -0.3 is 10.4 Å². The van der Waals surface area contributed by atoms with Gasteiger partial charge in [0.25, 0.3) is 6.92 Å². The molecule has 0 amide bonds. The van der Waals surface area contributed by atoms with Gasteiger partial charge in [-0.15, -0.1) is 0 Å². The maximum absolute atomic E-state index is 5.74. The zero-order valence-electron chi connectivity index (χ0n) is 8.54. The molecule has 0 aromatic rings. The van der Waals surface area contributed by atoms with Crippen LogP contribution in [0.25, 0.3) is 0 Å². The van der Waals surface area contributed by atoms with Crippen molar-refractivity contribution in [3.63, 3.8) is 0 Å². The second-order valence-corrected chi connectivity index (χ2v) is 4.87. The fourth-order valence-corrected chi connectivity index (χ4v) is 3.31. The van der Waals surface area contributed by atoms with Crippen molar-refractivity contribution >= 4 is 6.92 Å². The molecule has 2 rings (SSSR count). The van der Waals surface area contributed by atoms with E-state index in [-0.39, 0.29) is 0 Å². The molecule has 2 bridgehead atoms. The Kier molecular flexibility index (Phi) is 2.94. The maximum Gasteiger partial charge on any atom is 0.293 e. The molecule has 13 heavy (non-hydrogen) atoms. The summed E-state index contributed by atoms with van der Waals surface area (Å²) in [6, 6.07) is 0. The van der Waals surface area contributed by atoms with Crippen LogP contribution in [0.3, 0.4) is 0 Å². The lowest BCUT2D eigenvalue weighted by atomic mass is 9.46. The minimum absolute atomic E-state index is 0.544. The molecule has 2 nitrogen and oxygen atoms in total. The lowest BCUT2D eigenvalue weighted by molar-refractivity contribution is 0.196. The van der Waals surface area contributed by atoms with E-state index in [0.29, 0.717) is 6.92 Å². The van der Waals surface area contributed by atoms with Gasteiger partial charge in [-0.2, -0.15) is 0 Å². The third kappa shape index (κ3) is 2.08. The van der Waals surface area contributed by atoms with Crippen LogP contribution in [0, 0.1) is 17.8 Å². The molecule has 0 aromatic carbocycles. The molecular weight excluding hydrogens is 161 g/mol. The van der Waals surface area contributed by atoms with E-state index in [2.05, 4.69) is 0 Å². The van der Waals surface area contributed by atoms with Crippen LogP contribution >= 0.6 is 0 Å². The van der Waals surface area contributed by atoms with Gasteiger partial charge in [0.1, 0.15) is 0 Å². The van der Waals surface area contributed by atoms with Crippen molar-refractivity contribution in [2.75, 3.05) is 13.7 Å². The highest BCUT2D eigenvalue weighted by Crippen LogP contribution is 2.42. The Labute approximate surface area is 81.3 Å². The van der Waals surface area contributed by atoms with Crippen LogP contribution in [0.5, 0.6) is 0 Å². The zero-order chi connectivity index (χ0) is 9.26. The number of hydrogen-bond acceptors (Lipinski definition) is 2. The highest BCUT2D eigenvalue weighted by atomic mass is 16.4. The third-order valence-corrected chi connectivity index (χ3v) is 3.86. The van der Waals surface area contributed by atoms with Crippen LogP contribution in [0.4, 0.5) is 0 Å². The molecule has 2 atom stereocenters. The van der Waals surface area contributed by atoms with Crippen molar-refractivity contribution in [2.24, 2.45) is 23.5 Å². The van der Waals surface area contributed by atoms with Gasteiger partial charge in [-0.05, 0) is 56.2 Å². The molecule has 2 fully saturated rings. The monoisotopic (exact) mass is 181 g/mol. The summed E-state index contributed by atoms with van der Waals surface area (Å²) in [6.45, 7) is 1.44. The van der Waals surface area contributed by atoms with E-state index in [9.17, 15) is 0 Å². The van der Waals surface area contributed by atoms with Crippen LogP contribution < -0.4 is 5.73 Å². The number of rotatable bonds is 2. The molecular formula is C10H20BNO. The van der Waals surface area contributed by atoms with Gasteiger partial charge in [0, 0.05) is 7.11 Å². The Morgan fingerprint density at radius 1 is 1.23 bits per heavy atom. The van der Waals surface area contributed by atoms with E-state index < -0.39 is 0 Å². The Balaban J connectivity index is 1.93. The van der Waals surface area contributed by atoms with Gasteiger partial charge in [0.2, 0.25) is 0 Å². The fourth-order valence-electron chi connectivity index (χ4n) is 3.31. The van der Waals surface area contributed by atoms with E-state index >= 15 is 0 Å². The molecule has 0 radical (unpaired) electrons. The maximum atomic E-state index is 5.74. The second kappa shape index (κ2) is 4.01. The lowest BCUT2D eigenvalue weighted by Gasteiger charge is -2.40. The molecule has 2 unspecified atom stereocenters. The van der Waals surface area contributed by atoms with E-state index in [0.717, 1.165) is 24.3 Å². The van der Waals surface area contributed by atoms with Gasteiger partial charge in [-0.1, -0.05) is 0 Å². The fraction of sp³-hybridized carbons (Fsp3) is 1.00. The van der Waals surface area contributed by atoms with Crippen molar-refractivity contribution < 1.29 is 4.65 Å². The van der Waals surface area contributed by atoms with Crippen molar-refractivity contribution in [3.8, 4) is 0 Å². The normalized spacial score (nSPS) is 39.2. The second-order valence-electron chi connectivity index (χ2n) is 4.87. The van der Waals surface area contributed by atoms with Gasteiger partial charge >= 0.3 is 0 Å². The number of fused-ring (bicyclic) bond motifs is 2. The molecule has 0 aromatic heterocycles. The number of hydrogen-bond donors (Lipinski definition) is 1. The quantitative estimate of drug-likeness (QED) is 0.657. The average molecular weight is 181 g/mol. The predicted molar refractivity (Wildman–Crippen MR) is 55.8 cm³/mol. The van der Waals surface area contributed by atoms with E-state index in [1.54, 1.807) is 0 Å². The largest absolute Gasteiger partial charge is 0.438 e. The predicted octanol–water partition coefficient (Wildman–Crippen LogP) is 1.63. The summed E-state index contributed by atoms with van der Waals surface area (Å²) >= 11 is 0. The Morgan fingerprint density at radius 2 is 1.85 bits per heavy atom. The summed E-state index contributed by atoms with van der Waals surface area (Å²) in [4.78, 5) is 0. The number of nitrogens with two attached hydrogens (primary N) is 1. The first-order valence-corrected chi connectivity index (χ1v) is 5.54. The Bertz CT molecular complexity index is 146. The summed E-state index contributed by atoms with van der Waals surface area (Å²) < 4.78 is 5.47. The lowest BCUT2D eigenvalue weighted by Crippen LogP contribution is -2.37. The van der Waals surface area contributed by atoms with Crippen LogP contribution in [0.2, 0.25) is 12.6 Å². The molecule has 74 valence electrons. The van der Waals surface area contributed by atoms with Crippen LogP contribution in [0.15, 0.2) is 0 Å². The van der Waals surface area contributed by atoms with E-state index in [4.69, 9.17) is 10.4 Å². The molecule has 1 saturated carbocycles. The van der Waals surface area contributed by atoms with Crippen molar-refractivity contribution in [3.05, 3.63) is 0 Å². The van der Waals surface area contributed by atoms with Crippen LogP contribution in [0.1, 0.15) is 19.3 Å². The first-order valence-electron chi connectivity index (χ1n) is 5.54. The highest BCUT2D eigenvalue weighted by molar-refractivity contribution is 6.52. The highest BCUT2D eigenvalue weighted by Gasteiger charge is 2.37. The van der Waals surface area contributed by atoms with Gasteiger partial charge in [-0.25, -0.2) is 0 Å². The standard InChI is InChI=1S/C10H20BNO/c1-13-11-5-8-2-9(6-11)4-10(3-8)7-12/h8-10H,2-7,12H2,1H3. The SMILES string of the molecule is COB1CC2CC(CN)CC(C1)C2. The Hall–Kier alpha value is -0.0151. The molecule has 1 saturated heterocycles. The zero-order valence-corrected chi connectivity index (χ0v) is 8.54. The molecule has 3 heteroatoms. The van der Waals surface area contributed by atoms with Crippen molar-refractivity contribution in [1.29, 1.82) is 0 Å². The average Bonchev–Trinajstić information content (AvgIpc) is 2.16. The van der Waals surface area contributed by atoms with Crippen LogP contribution in [-0.2, 0) is 4.65 Å². The molecule has 1 aliphatic carbocycles. The summed E-state index contributed by atoms with van der Waals surface area (Å²) in [5, 5.41) is 0. The molecule has 1 heterocycles. The third-order valence-electron chi connectivity index (χ3n) is 3.86. The molecule has 1 aliphatic heterocycles. The van der Waals surface area contributed by atoms with Gasteiger partial charge in [0.15, 0.2) is 0 Å². The summed E-state index contributed by atoms with van der Waals surface area (Å²) in [7, 11) is 1.85. The Morgan fingerprint density at radius 3 is 2.31 bits per heavy atom.